The van der Waals surface area contributed by atoms with Crippen molar-refractivity contribution in [1.82, 2.24) is 5.32 Å². The maximum absolute atomic E-state index is 3.47. The fourth-order valence-electron chi connectivity index (χ4n) is 2.78. The molecule has 0 saturated heterocycles. The molecule has 0 radical (unpaired) electrons. The van der Waals surface area contributed by atoms with Gasteiger partial charge in [0.05, 0.1) is 0 Å². The zero-order valence-electron chi connectivity index (χ0n) is 10.2. The number of rotatable bonds is 6. The summed E-state index contributed by atoms with van der Waals surface area (Å²) in [5.74, 6) is 1.03. The van der Waals surface area contributed by atoms with Gasteiger partial charge in [-0.2, -0.15) is 11.3 Å². The molecule has 1 saturated carbocycles. The van der Waals surface area contributed by atoms with Gasteiger partial charge < -0.3 is 5.32 Å². The van der Waals surface area contributed by atoms with E-state index in [4.69, 9.17) is 0 Å². The number of thiophene rings is 1. The topological polar surface area (TPSA) is 12.0 Å². The van der Waals surface area contributed by atoms with Crippen molar-refractivity contribution in [1.29, 1.82) is 0 Å². The van der Waals surface area contributed by atoms with Crippen molar-refractivity contribution in [3.63, 3.8) is 0 Å². The van der Waals surface area contributed by atoms with Crippen LogP contribution in [0.1, 0.15) is 44.1 Å². The second kappa shape index (κ2) is 6.41. The Morgan fingerprint density at radius 2 is 2.25 bits per heavy atom. The lowest BCUT2D eigenvalue weighted by molar-refractivity contribution is 0.418. The predicted molar refractivity (Wildman–Crippen MR) is 72.1 cm³/mol. The highest BCUT2D eigenvalue weighted by molar-refractivity contribution is 7.07. The molecule has 1 atom stereocenters. The Labute approximate surface area is 103 Å². The third-order valence-corrected chi connectivity index (χ3v) is 4.60. The van der Waals surface area contributed by atoms with Gasteiger partial charge in [-0.15, -0.1) is 0 Å². The van der Waals surface area contributed by atoms with Gasteiger partial charge >= 0.3 is 0 Å². The average molecular weight is 237 g/mol. The molecule has 0 bridgehead atoms. The van der Waals surface area contributed by atoms with Gasteiger partial charge in [-0.1, -0.05) is 25.7 Å². The third-order valence-electron chi connectivity index (χ3n) is 3.87. The van der Waals surface area contributed by atoms with Crippen LogP contribution in [-0.4, -0.2) is 13.1 Å². The van der Waals surface area contributed by atoms with Crippen molar-refractivity contribution in [3.05, 3.63) is 22.4 Å². The molecule has 1 unspecified atom stereocenters. The monoisotopic (exact) mass is 237 g/mol. The first-order valence-corrected chi connectivity index (χ1v) is 7.51. The van der Waals surface area contributed by atoms with Crippen LogP contribution in [0, 0.1) is 5.92 Å². The molecule has 1 aromatic heterocycles. The third kappa shape index (κ3) is 3.60. The molecular formula is C14H23NS. The summed E-state index contributed by atoms with van der Waals surface area (Å²) < 4.78 is 0. The highest BCUT2D eigenvalue weighted by Gasteiger charge is 2.16. The minimum atomic E-state index is 0.676. The Morgan fingerprint density at radius 1 is 1.44 bits per heavy atom. The van der Waals surface area contributed by atoms with Crippen molar-refractivity contribution in [3.8, 4) is 0 Å². The molecule has 1 aromatic rings. The molecule has 1 N–H and O–H groups in total. The van der Waals surface area contributed by atoms with E-state index >= 15 is 0 Å². The van der Waals surface area contributed by atoms with E-state index in [1.807, 2.05) is 11.3 Å². The van der Waals surface area contributed by atoms with Crippen LogP contribution in [-0.2, 0) is 6.42 Å². The molecule has 1 fully saturated rings. The smallest absolute Gasteiger partial charge is 0.0105 e. The molecule has 1 heterocycles. The molecule has 16 heavy (non-hydrogen) atoms. The van der Waals surface area contributed by atoms with E-state index in [1.54, 1.807) is 0 Å². The number of hydrogen-bond acceptors (Lipinski definition) is 2. The van der Waals surface area contributed by atoms with Gasteiger partial charge in [-0.05, 0) is 54.6 Å². The van der Waals surface area contributed by atoms with E-state index in [2.05, 4.69) is 29.2 Å². The van der Waals surface area contributed by atoms with Crippen molar-refractivity contribution in [2.24, 2.45) is 5.92 Å². The van der Waals surface area contributed by atoms with E-state index in [-0.39, 0.29) is 0 Å². The zero-order valence-corrected chi connectivity index (χ0v) is 11.1. The molecule has 2 rings (SSSR count). The molecule has 1 aliphatic carbocycles. The fraction of sp³-hybridized carbons (Fsp3) is 0.714. The van der Waals surface area contributed by atoms with E-state index in [1.165, 1.54) is 50.5 Å². The van der Waals surface area contributed by atoms with Crippen LogP contribution in [0.4, 0.5) is 0 Å². The second-order valence-electron chi connectivity index (χ2n) is 5.05. The van der Waals surface area contributed by atoms with Crippen molar-refractivity contribution in [2.45, 2.75) is 51.0 Å². The largest absolute Gasteiger partial charge is 0.317 e. The predicted octanol–water partition coefficient (Wildman–Crippen LogP) is 3.85. The molecule has 1 aliphatic rings. The molecule has 0 aromatic carbocycles. The van der Waals surface area contributed by atoms with Crippen LogP contribution in [0.2, 0.25) is 0 Å². The normalized spacial score (nSPS) is 19.1. The van der Waals surface area contributed by atoms with Crippen LogP contribution < -0.4 is 5.32 Å². The Kier molecular flexibility index (Phi) is 4.86. The van der Waals surface area contributed by atoms with Crippen LogP contribution in [0.3, 0.4) is 0 Å². The summed E-state index contributed by atoms with van der Waals surface area (Å²) in [4.78, 5) is 0. The summed E-state index contributed by atoms with van der Waals surface area (Å²) >= 11 is 1.81. The van der Waals surface area contributed by atoms with Gasteiger partial charge in [0.15, 0.2) is 0 Å². The minimum Gasteiger partial charge on any atom is -0.317 e. The molecule has 0 spiro atoms. The second-order valence-corrected chi connectivity index (χ2v) is 5.83. The van der Waals surface area contributed by atoms with Gasteiger partial charge in [-0.25, -0.2) is 0 Å². The Morgan fingerprint density at radius 3 is 2.88 bits per heavy atom. The Bertz CT molecular complexity index is 275. The summed E-state index contributed by atoms with van der Waals surface area (Å²) in [5, 5.41) is 7.93. The lowest BCUT2D eigenvalue weighted by atomic mass is 9.96. The van der Waals surface area contributed by atoms with Crippen molar-refractivity contribution in [2.75, 3.05) is 7.05 Å². The SMILES string of the molecule is CNC(CCC1CCCC1)Cc1ccsc1. The van der Waals surface area contributed by atoms with Crippen molar-refractivity contribution < 1.29 is 0 Å². The van der Waals surface area contributed by atoms with Gasteiger partial charge in [0.1, 0.15) is 0 Å². The van der Waals surface area contributed by atoms with Crippen LogP contribution in [0.15, 0.2) is 16.8 Å². The first kappa shape index (κ1) is 12.1. The first-order chi connectivity index (χ1) is 7.88. The molecule has 2 heteroatoms. The molecule has 90 valence electrons. The standard InChI is InChI=1S/C14H23NS/c1-15-14(10-13-8-9-16-11-13)7-6-12-4-2-3-5-12/h8-9,11-12,14-15H,2-7,10H2,1H3. The van der Waals surface area contributed by atoms with E-state index in [0.29, 0.717) is 6.04 Å². The Balaban J connectivity index is 1.72. The molecule has 1 nitrogen and oxygen atoms in total. The van der Waals surface area contributed by atoms with Gasteiger partial charge in [0.2, 0.25) is 0 Å². The quantitative estimate of drug-likeness (QED) is 0.792. The van der Waals surface area contributed by atoms with Crippen LogP contribution in [0.25, 0.3) is 0 Å². The summed E-state index contributed by atoms with van der Waals surface area (Å²) in [6.07, 6.45) is 9.88. The maximum Gasteiger partial charge on any atom is 0.0105 e. The average Bonchev–Trinajstić information content (AvgIpc) is 2.97. The van der Waals surface area contributed by atoms with Crippen LogP contribution in [0.5, 0.6) is 0 Å². The van der Waals surface area contributed by atoms with E-state index in [0.717, 1.165) is 5.92 Å². The summed E-state index contributed by atoms with van der Waals surface area (Å²) in [7, 11) is 2.10. The first-order valence-electron chi connectivity index (χ1n) is 6.57. The molecular weight excluding hydrogens is 214 g/mol. The van der Waals surface area contributed by atoms with Gasteiger partial charge in [0, 0.05) is 6.04 Å². The number of likely N-dealkylation sites (N-methyl/N-ethyl adjacent to an activating group) is 1. The van der Waals surface area contributed by atoms with E-state index in [9.17, 15) is 0 Å². The minimum absolute atomic E-state index is 0.676. The van der Waals surface area contributed by atoms with Crippen molar-refractivity contribution >= 4 is 11.3 Å². The lowest BCUT2D eigenvalue weighted by Gasteiger charge is -2.17. The highest BCUT2D eigenvalue weighted by atomic mass is 32.1. The summed E-state index contributed by atoms with van der Waals surface area (Å²) in [6.45, 7) is 0. The number of hydrogen-bond donors (Lipinski definition) is 1. The van der Waals surface area contributed by atoms with Crippen LogP contribution >= 0.6 is 11.3 Å². The summed E-state index contributed by atoms with van der Waals surface area (Å²) in [6, 6.07) is 2.93. The highest BCUT2D eigenvalue weighted by Crippen LogP contribution is 2.29. The van der Waals surface area contributed by atoms with E-state index < -0.39 is 0 Å². The molecule has 0 aliphatic heterocycles. The Hall–Kier alpha value is -0.340. The van der Waals surface area contributed by atoms with Gasteiger partial charge in [0.25, 0.3) is 0 Å². The number of nitrogens with one attached hydrogen (secondary N) is 1. The fourth-order valence-corrected chi connectivity index (χ4v) is 3.46. The zero-order chi connectivity index (χ0) is 11.2. The van der Waals surface area contributed by atoms with Gasteiger partial charge in [-0.3, -0.25) is 0 Å². The summed E-state index contributed by atoms with van der Waals surface area (Å²) in [5.41, 5.74) is 1.50. The lowest BCUT2D eigenvalue weighted by Crippen LogP contribution is -2.27. The molecule has 0 amide bonds. The maximum atomic E-state index is 3.47.